The normalized spacial score (nSPS) is 28.1. The second-order valence-corrected chi connectivity index (χ2v) is 5.91. The van der Waals surface area contributed by atoms with Gasteiger partial charge in [0.25, 0.3) is 0 Å². The summed E-state index contributed by atoms with van der Waals surface area (Å²) >= 11 is 0. The van der Waals surface area contributed by atoms with Crippen molar-refractivity contribution in [3.8, 4) is 6.07 Å². The molecule has 1 aromatic rings. The van der Waals surface area contributed by atoms with E-state index in [4.69, 9.17) is 5.26 Å². The highest BCUT2D eigenvalue weighted by Crippen LogP contribution is 2.28. The van der Waals surface area contributed by atoms with E-state index in [1.54, 1.807) is 12.1 Å². The number of nitrogens with zero attached hydrogens (tertiary/aromatic N) is 2. The van der Waals surface area contributed by atoms with Gasteiger partial charge in [0.2, 0.25) is 0 Å². The van der Waals surface area contributed by atoms with Gasteiger partial charge in [-0.25, -0.2) is 4.39 Å². The van der Waals surface area contributed by atoms with Crippen molar-refractivity contribution >= 4 is 0 Å². The molecule has 1 heterocycles. The number of hydrogen-bond acceptors (Lipinski definition) is 2. The highest BCUT2D eigenvalue weighted by Gasteiger charge is 2.29. The lowest BCUT2D eigenvalue weighted by Gasteiger charge is -2.41. The first kappa shape index (κ1) is 14.0. The van der Waals surface area contributed by atoms with Crippen LogP contribution >= 0.6 is 0 Å². The zero-order valence-corrected chi connectivity index (χ0v) is 11.9. The minimum atomic E-state index is -0.267. The Kier molecular flexibility index (Phi) is 4.21. The SMILES string of the molecule is CC1CC(C)C(C)N(Cc2ccc(C#N)cc2F)C1. The third-order valence-electron chi connectivity index (χ3n) is 4.28. The number of hydrogen-bond donors (Lipinski definition) is 0. The number of piperidine rings is 1. The molecule has 1 fully saturated rings. The lowest BCUT2D eigenvalue weighted by Crippen LogP contribution is -2.45. The van der Waals surface area contributed by atoms with Crippen LogP contribution in [0.1, 0.15) is 38.3 Å². The van der Waals surface area contributed by atoms with Crippen molar-refractivity contribution < 1.29 is 4.39 Å². The maximum absolute atomic E-state index is 13.9. The molecule has 0 radical (unpaired) electrons. The summed E-state index contributed by atoms with van der Waals surface area (Å²) in [6, 6.07) is 7.21. The fraction of sp³-hybridized carbons (Fsp3) is 0.562. The van der Waals surface area contributed by atoms with Crippen molar-refractivity contribution in [1.29, 1.82) is 5.26 Å². The fourth-order valence-corrected chi connectivity index (χ4v) is 3.01. The molecule has 2 rings (SSSR count). The summed E-state index contributed by atoms with van der Waals surface area (Å²) in [5.74, 6) is 1.04. The molecule has 1 aromatic carbocycles. The molecule has 19 heavy (non-hydrogen) atoms. The molecule has 3 heteroatoms. The van der Waals surface area contributed by atoms with Crippen LogP contribution in [0.25, 0.3) is 0 Å². The molecule has 1 aliphatic heterocycles. The molecule has 0 amide bonds. The summed E-state index contributed by atoms with van der Waals surface area (Å²) in [6.45, 7) is 8.39. The smallest absolute Gasteiger partial charge is 0.129 e. The van der Waals surface area contributed by atoms with Crippen molar-refractivity contribution in [2.45, 2.75) is 39.8 Å². The Hall–Kier alpha value is -1.40. The van der Waals surface area contributed by atoms with Crippen LogP contribution < -0.4 is 0 Å². The maximum atomic E-state index is 13.9. The Morgan fingerprint density at radius 2 is 2.11 bits per heavy atom. The third-order valence-corrected chi connectivity index (χ3v) is 4.28. The predicted octanol–water partition coefficient (Wildman–Crippen LogP) is 3.56. The fourth-order valence-electron chi connectivity index (χ4n) is 3.01. The van der Waals surface area contributed by atoms with Crippen LogP contribution in [0, 0.1) is 29.0 Å². The van der Waals surface area contributed by atoms with Crippen molar-refractivity contribution in [3.05, 3.63) is 35.1 Å². The van der Waals surface area contributed by atoms with Gasteiger partial charge in [-0.1, -0.05) is 19.9 Å². The zero-order valence-electron chi connectivity index (χ0n) is 11.9. The summed E-state index contributed by atoms with van der Waals surface area (Å²) in [7, 11) is 0. The summed E-state index contributed by atoms with van der Waals surface area (Å²) in [4.78, 5) is 2.35. The van der Waals surface area contributed by atoms with Crippen molar-refractivity contribution in [1.82, 2.24) is 4.90 Å². The Balaban J connectivity index is 2.14. The molecule has 0 spiro atoms. The van der Waals surface area contributed by atoms with Crippen LogP contribution in [0.5, 0.6) is 0 Å². The second kappa shape index (κ2) is 5.71. The van der Waals surface area contributed by atoms with E-state index >= 15 is 0 Å². The second-order valence-electron chi connectivity index (χ2n) is 5.91. The van der Waals surface area contributed by atoms with Gasteiger partial charge in [0.1, 0.15) is 5.82 Å². The van der Waals surface area contributed by atoms with Gasteiger partial charge in [0.15, 0.2) is 0 Å². The molecular weight excluding hydrogens is 239 g/mol. The number of likely N-dealkylation sites (tertiary alicyclic amines) is 1. The Labute approximate surface area is 114 Å². The van der Waals surface area contributed by atoms with E-state index in [2.05, 4.69) is 25.7 Å². The molecule has 102 valence electrons. The van der Waals surface area contributed by atoms with Crippen molar-refractivity contribution in [2.75, 3.05) is 6.54 Å². The van der Waals surface area contributed by atoms with Crippen LogP contribution in [-0.4, -0.2) is 17.5 Å². The molecule has 0 bridgehead atoms. The molecule has 0 N–H and O–H groups in total. The average Bonchev–Trinajstić information content (AvgIpc) is 2.37. The first-order chi connectivity index (χ1) is 9.01. The van der Waals surface area contributed by atoms with E-state index < -0.39 is 0 Å². The molecule has 1 aliphatic rings. The molecular formula is C16H21FN2. The average molecular weight is 260 g/mol. The van der Waals surface area contributed by atoms with Gasteiger partial charge in [-0.2, -0.15) is 5.26 Å². The summed E-state index contributed by atoms with van der Waals surface area (Å²) in [5.41, 5.74) is 1.07. The van der Waals surface area contributed by atoms with E-state index in [0.717, 1.165) is 6.54 Å². The van der Waals surface area contributed by atoms with Gasteiger partial charge in [0, 0.05) is 24.7 Å². The van der Waals surface area contributed by atoms with Gasteiger partial charge >= 0.3 is 0 Å². The van der Waals surface area contributed by atoms with Gasteiger partial charge in [-0.15, -0.1) is 0 Å². The Bertz CT molecular complexity index is 492. The van der Waals surface area contributed by atoms with Gasteiger partial charge in [-0.3, -0.25) is 4.90 Å². The lowest BCUT2D eigenvalue weighted by molar-refractivity contribution is 0.0720. The molecule has 0 saturated carbocycles. The quantitative estimate of drug-likeness (QED) is 0.813. The lowest BCUT2D eigenvalue weighted by atomic mass is 9.86. The molecule has 3 unspecified atom stereocenters. The summed E-state index contributed by atoms with van der Waals surface area (Å²) in [5, 5.41) is 8.76. The third kappa shape index (κ3) is 3.13. The monoisotopic (exact) mass is 260 g/mol. The van der Waals surface area contributed by atoms with Crippen LogP contribution in [0.3, 0.4) is 0 Å². The van der Waals surface area contributed by atoms with Gasteiger partial charge < -0.3 is 0 Å². The van der Waals surface area contributed by atoms with Crippen molar-refractivity contribution in [2.24, 2.45) is 11.8 Å². The summed E-state index contributed by atoms with van der Waals surface area (Å²) < 4.78 is 13.9. The maximum Gasteiger partial charge on any atom is 0.129 e. The largest absolute Gasteiger partial charge is 0.296 e. The van der Waals surface area contributed by atoms with Gasteiger partial charge in [-0.05, 0) is 37.3 Å². The molecule has 0 aromatic heterocycles. The topological polar surface area (TPSA) is 27.0 Å². The first-order valence-corrected chi connectivity index (χ1v) is 6.93. The minimum absolute atomic E-state index is 0.267. The predicted molar refractivity (Wildman–Crippen MR) is 73.9 cm³/mol. The van der Waals surface area contributed by atoms with Crippen LogP contribution in [0.4, 0.5) is 4.39 Å². The Morgan fingerprint density at radius 3 is 2.74 bits per heavy atom. The first-order valence-electron chi connectivity index (χ1n) is 6.93. The molecule has 2 nitrogen and oxygen atoms in total. The minimum Gasteiger partial charge on any atom is -0.296 e. The molecule has 0 aliphatic carbocycles. The van der Waals surface area contributed by atoms with E-state index in [1.807, 2.05) is 6.07 Å². The van der Waals surface area contributed by atoms with E-state index in [-0.39, 0.29) is 5.82 Å². The standard InChI is InChI=1S/C16H21FN2/c1-11-6-12(2)13(3)19(9-11)10-15-5-4-14(8-18)7-16(15)17/h4-5,7,11-13H,6,9-10H2,1-3H3. The van der Waals surface area contributed by atoms with E-state index in [9.17, 15) is 4.39 Å². The number of halogens is 1. The molecule has 3 atom stereocenters. The van der Waals surface area contributed by atoms with Crippen LogP contribution in [-0.2, 0) is 6.54 Å². The van der Waals surface area contributed by atoms with Crippen LogP contribution in [0.15, 0.2) is 18.2 Å². The summed E-state index contributed by atoms with van der Waals surface area (Å²) in [6.07, 6.45) is 1.24. The van der Waals surface area contributed by atoms with Crippen LogP contribution in [0.2, 0.25) is 0 Å². The van der Waals surface area contributed by atoms with Crippen molar-refractivity contribution in [3.63, 3.8) is 0 Å². The zero-order chi connectivity index (χ0) is 14.0. The highest BCUT2D eigenvalue weighted by atomic mass is 19.1. The number of rotatable bonds is 2. The van der Waals surface area contributed by atoms with E-state index in [0.29, 0.717) is 35.5 Å². The highest BCUT2D eigenvalue weighted by molar-refractivity contribution is 5.32. The number of benzene rings is 1. The van der Waals surface area contributed by atoms with Gasteiger partial charge in [0.05, 0.1) is 11.6 Å². The van der Waals surface area contributed by atoms with E-state index in [1.165, 1.54) is 12.5 Å². The number of nitriles is 1. The molecule has 1 saturated heterocycles. The Morgan fingerprint density at radius 1 is 1.37 bits per heavy atom.